The Bertz CT molecular complexity index is 786. The highest BCUT2D eigenvalue weighted by Crippen LogP contribution is 2.34. The number of halogens is 2. The zero-order valence-electron chi connectivity index (χ0n) is 11.8. The summed E-state index contributed by atoms with van der Waals surface area (Å²) in [5.74, 6) is -0.197. The van der Waals surface area contributed by atoms with Crippen LogP contribution in [0, 0.1) is 0 Å². The van der Waals surface area contributed by atoms with E-state index in [9.17, 15) is 13.2 Å². The molecule has 3 nitrogen and oxygen atoms in total. The molecule has 6 heteroatoms. The summed E-state index contributed by atoms with van der Waals surface area (Å²) in [7, 11) is -3.75. The molecule has 0 fully saturated rings. The van der Waals surface area contributed by atoms with Crippen LogP contribution < -0.4 is 0 Å². The number of benzene rings is 2. The second-order valence-corrected chi connectivity index (χ2v) is 7.87. The molecule has 0 amide bonds. The summed E-state index contributed by atoms with van der Waals surface area (Å²) in [6.07, 6.45) is -0.0907. The lowest BCUT2D eigenvalue weighted by Crippen LogP contribution is -2.16. The van der Waals surface area contributed by atoms with Gasteiger partial charge in [-0.05, 0) is 30.7 Å². The van der Waals surface area contributed by atoms with Crippen molar-refractivity contribution in [1.82, 2.24) is 0 Å². The molecule has 2 aromatic carbocycles. The Kier molecular flexibility index (Phi) is 5.27. The molecule has 0 saturated heterocycles. The second-order valence-electron chi connectivity index (χ2n) is 4.93. The molecule has 0 aromatic heterocycles. The van der Waals surface area contributed by atoms with Crippen molar-refractivity contribution in [3.63, 3.8) is 0 Å². The normalized spacial score (nSPS) is 12.9. The zero-order chi connectivity index (χ0) is 16.3. The summed E-state index contributed by atoms with van der Waals surface area (Å²) in [5.41, 5.74) is 0.573. The highest BCUT2D eigenvalue weighted by Gasteiger charge is 2.30. The SMILES string of the molecule is CC(=O)C[C@H](c1ccccc1)S(=O)(=O)c1ccc(Cl)c(Cl)c1. The van der Waals surface area contributed by atoms with E-state index in [0.29, 0.717) is 5.56 Å². The number of rotatable bonds is 5. The van der Waals surface area contributed by atoms with Gasteiger partial charge in [0, 0.05) is 6.42 Å². The molecule has 0 bridgehead atoms. The maximum absolute atomic E-state index is 12.9. The molecule has 2 aromatic rings. The Morgan fingerprint density at radius 2 is 1.68 bits per heavy atom. The summed E-state index contributed by atoms with van der Waals surface area (Å²) in [6.45, 7) is 1.38. The van der Waals surface area contributed by atoms with Gasteiger partial charge in [0.15, 0.2) is 9.84 Å². The first-order chi connectivity index (χ1) is 10.3. The summed E-state index contributed by atoms with van der Waals surface area (Å²) in [6, 6.07) is 12.8. The van der Waals surface area contributed by atoms with Crippen molar-refractivity contribution >= 4 is 38.8 Å². The van der Waals surface area contributed by atoms with Crippen LogP contribution >= 0.6 is 23.2 Å². The van der Waals surface area contributed by atoms with E-state index in [0.717, 1.165) is 0 Å². The molecular weight excluding hydrogens is 343 g/mol. The molecule has 0 N–H and O–H groups in total. The van der Waals surface area contributed by atoms with Crippen LogP contribution in [0.3, 0.4) is 0 Å². The van der Waals surface area contributed by atoms with Gasteiger partial charge in [-0.3, -0.25) is 4.79 Å². The third-order valence-electron chi connectivity index (χ3n) is 3.24. The van der Waals surface area contributed by atoms with Gasteiger partial charge in [-0.1, -0.05) is 53.5 Å². The van der Waals surface area contributed by atoms with Gasteiger partial charge in [-0.2, -0.15) is 0 Å². The largest absolute Gasteiger partial charge is 0.300 e. The van der Waals surface area contributed by atoms with Gasteiger partial charge in [0.05, 0.1) is 20.2 Å². The van der Waals surface area contributed by atoms with Crippen molar-refractivity contribution < 1.29 is 13.2 Å². The standard InChI is InChI=1S/C16H14Cl2O3S/c1-11(19)9-16(12-5-3-2-4-6-12)22(20,21)13-7-8-14(17)15(18)10-13/h2-8,10,16H,9H2,1H3/t16-/m1/s1. The molecule has 0 heterocycles. The van der Waals surface area contributed by atoms with Crippen LogP contribution in [0.1, 0.15) is 24.2 Å². The summed E-state index contributed by atoms with van der Waals surface area (Å²) >= 11 is 11.7. The highest BCUT2D eigenvalue weighted by molar-refractivity contribution is 7.91. The highest BCUT2D eigenvalue weighted by atomic mass is 35.5. The van der Waals surface area contributed by atoms with E-state index in [1.807, 2.05) is 0 Å². The predicted octanol–water partition coefficient (Wildman–Crippen LogP) is 4.49. The predicted molar refractivity (Wildman–Crippen MR) is 88.1 cm³/mol. The first kappa shape index (κ1) is 17.0. The Morgan fingerprint density at radius 3 is 2.23 bits per heavy atom. The Labute approximate surface area is 139 Å². The fourth-order valence-electron chi connectivity index (χ4n) is 2.15. The molecule has 22 heavy (non-hydrogen) atoms. The summed E-state index contributed by atoms with van der Waals surface area (Å²) in [4.78, 5) is 11.6. The number of Topliss-reactive ketones (excluding diaryl/α,β-unsaturated/α-hetero) is 1. The molecule has 0 aliphatic carbocycles. The van der Waals surface area contributed by atoms with E-state index >= 15 is 0 Å². The number of carbonyl (C=O) groups is 1. The van der Waals surface area contributed by atoms with Crippen LogP contribution in [-0.4, -0.2) is 14.2 Å². The van der Waals surface area contributed by atoms with Gasteiger partial charge in [-0.25, -0.2) is 8.42 Å². The van der Waals surface area contributed by atoms with Gasteiger partial charge < -0.3 is 0 Å². The van der Waals surface area contributed by atoms with Crippen LogP contribution in [0.2, 0.25) is 10.0 Å². The minimum absolute atomic E-state index is 0.0528. The van der Waals surface area contributed by atoms with E-state index in [1.165, 1.54) is 25.1 Å². The van der Waals surface area contributed by atoms with E-state index in [1.54, 1.807) is 30.3 Å². The van der Waals surface area contributed by atoms with Crippen molar-refractivity contribution in [3.8, 4) is 0 Å². The third-order valence-corrected chi connectivity index (χ3v) is 6.08. The van der Waals surface area contributed by atoms with Gasteiger partial charge in [0.1, 0.15) is 5.78 Å². The quantitative estimate of drug-likeness (QED) is 0.792. The Hall–Kier alpha value is -1.36. The van der Waals surface area contributed by atoms with Crippen molar-refractivity contribution in [3.05, 3.63) is 64.1 Å². The number of hydrogen-bond acceptors (Lipinski definition) is 3. The van der Waals surface area contributed by atoms with E-state index in [4.69, 9.17) is 23.2 Å². The average molecular weight is 357 g/mol. The van der Waals surface area contributed by atoms with Crippen LogP contribution in [0.25, 0.3) is 0 Å². The van der Waals surface area contributed by atoms with Gasteiger partial charge in [0.2, 0.25) is 0 Å². The molecule has 0 aliphatic heterocycles. The molecule has 116 valence electrons. The van der Waals surface area contributed by atoms with E-state index in [2.05, 4.69) is 0 Å². The number of carbonyl (C=O) groups excluding carboxylic acids is 1. The Morgan fingerprint density at radius 1 is 1.05 bits per heavy atom. The van der Waals surface area contributed by atoms with Crippen molar-refractivity contribution in [2.75, 3.05) is 0 Å². The van der Waals surface area contributed by atoms with Gasteiger partial charge >= 0.3 is 0 Å². The summed E-state index contributed by atoms with van der Waals surface area (Å²) in [5, 5.41) is -0.496. The van der Waals surface area contributed by atoms with Crippen LogP contribution in [0.4, 0.5) is 0 Å². The fourth-order valence-corrected chi connectivity index (χ4v) is 4.35. The lowest BCUT2D eigenvalue weighted by Gasteiger charge is -2.17. The molecule has 2 rings (SSSR count). The Balaban J connectivity index is 2.54. The smallest absolute Gasteiger partial charge is 0.185 e. The minimum Gasteiger partial charge on any atom is -0.300 e. The van der Waals surface area contributed by atoms with Crippen molar-refractivity contribution in [2.45, 2.75) is 23.5 Å². The van der Waals surface area contributed by atoms with Crippen LogP contribution in [0.5, 0.6) is 0 Å². The molecule has 1 atom stereocenters. The lowest BCUT2D eigenvalue weighted by molar-refractivity contribution is -0.117. The molecule has 0 unspecified atom stereocenters. The fraction of sp³-hybridized carbons (Fsp3) is 0.188. The van der Waals surface area contributed by atoms with Crippen LogP contribution in [-0.2, 0) is 14.6 Å². The lowest BCUT2D eigenvalue weighted by atomic mass is 10.1. The number of hydrogen-bond donors (Lipinski definition) is 0. The molecular formula is C16H14Cl2O3S. The second kappa shape index (κ2) is 6.82. The molecule has 0 aliphatic rings. The molecule has 0 saturated carbocycles. The summed E-state index contributed by atoms with van der Waals surface area (Å²) < 4.78 is 25.8. The minimum atomic E-state index is -3.75. The van der Waals surface area contributed by atoms with Crippen molar-refractivity contribution in [1.29, 1.82) is 0 Å². The topological polar surface area (TPSA) is 51.2 Å². The maximum atomic E-state index is 12.9. The molecule has 0 spiro atoms. The first-order valence-electron chi connectivity index (χ1n) is 6.55. The van der Waals surface area contributed by atoms with Gasteiger partial charge in [-0.15, -0.1) is 0 Å². The first-order valence-corrected chi connectivity index (χ1v) is 8.86. The zero-order valence-corrected chi connectivity index (χ0v) is 14.1. The number of ketones is 1. The van der Waals surface area contributed by atoms with E-state index < -0.39 is 15.1 Å². The average Bonchev–Trinajstić information content (AvgIpc) is 2.48. The van der Waals surface area contributed by atoms with Crippen LogP contribution in [0.15, 0.2) is 53.4 Å². The maximum Gasteiger partial charge on any atom is 0.185 e. The number of sulfone groups is 1. The third kappa shape index (κ3) is 3.69. The molecule has 0 radical (unpaired) electrons. The van der Waals surface area contributed by atoms with Gasteiger partial charge in [0.25, 0.3) is 0 Å². The monoisotopic (exact) mass is 356 g/mol. The van der Waals surface area contributed by atoms with E-state index in [-0.39, 0.29) is 27.1 Å². The van der Waals surface area contributed by atoms with Crippen molar-refractivity contribution in [2.24, 2.45) is 0 Å².